The third-order valence-corrected chi connectivity index (χ3v) is 5.69. The van der Waals surface area contributed by atoms with Gasteiger partial charge in [-0.1, -0.05) is 0 Å². The number of amides is 4. The van der Waals surface area contributed by atoms with Crippen molar-refractivity contribution in [1.82, 2.24) is 10.2 Å². The van der Waals surface area contributed by atoms with Crippen molar-refractivity contribution in [2.45, 2.75) is 44.2 Å². The summed E-state index contributed by atoms with van der Waals surface area (Å²) in [6, 6.07) is 4.16. The zero-order valence-corrected chi connectivity index (χ0v) is 13.9. The van der Waals surface area contributed by atoms with Gasteiger partial charge in [0.25, 0.3) is 5.91 Å². The van der Waals surface area contributed by atoms with Crippen molar-refractivity contribution in [3.63, 3.8) is 0 Å². The Morgan fingerprint density at radius 3 is 2.56 bits per heavy atom. The molecule has 2 unspecified atom stereocenters. The molecule has 2 heterocycles. The maximum atomic E-state index is 13.1. The van der Waals surface area contributed by atoms with Gasteiger partial charge >= 0.3 is 0 Å². The van der Waals surface area contributed by atoms with Crippen LogP contribution < -0.4 is 11.1 Å². The largest absolute Gasteiger partial charge is 0.366 e. The van der Waals surface area contributed by atoms with Crippen LogP contribution in [0.5, 0.6) is 0 Å². The molecule has 3 N–H and O–H groups in total. The Morgan fingerprint density at radius 2 is 1.96 bits per heavy atom. The number of nitrogens with one attached hydrogen (secondary N) is 1. The van der Waals surface area contributed by atoms with E-state index in [-0.39, 0.29) is 24.2 Å². The van der Waals surface area contributed by atoms with Crippen LogP contribution in [0.1, 0.15) is 58.9 Å². The highest BCUT2D eigenvalue weighted by atomic mass is 16.2. The van der Waals surface area contributed by atoms with E-state index in [0.29, 0.717) is 17.5 Å². The molecule has 3 aliphatic rings. The number of nitrogens with two attached hydrogens (primary N) is 1. The average Bonchev–Trinajstić information content (AvgIpc) is 3.38. The molecule has 2 fully saturated rings. The second kappa shape index (κ2) is 5.15. The fraction of sp³-hybridized carbons (Fsp3) is 0.444. The summed E-state index contributed by atoms with van der Waals surface area (Å²) in [5, 5.41) is 2.33. The van der Waals surface area contributed by atoms with Crippen LogP contribution in [-0.4, -0.2) is 34.6 Å². The van der Waals surface area contributed by atoms with Gasteiger partial charge in [0.15, 0.2) is 0 Å². The number of fused-ring (bicyclic) bond motifs is 1. The number of benzene rings is 1. The van der Waals surface area contributed by atoms with Crippen molar-refractivity contribution < 1.29 is 19.2 Å². The first-order chi connectivity index (χ1) is 11.8. The van der Waals surface area contributed by atoms with Gasteiger partial charge in [-0.05, 0) is 55.9 Å². The van der Waals surface area contributed by atoms with Crippen molar-refractivity contribution in [3.05, 3.63) is 34.9 Å². The van der Waals surface area contributed by atoms with Crippen LogP contribution >= 0.6 is 0 Å². The normalized spacial score (nSPS) is 28.8. The van der Waals surface area contributed by atoms with E-state index in [4.69, 9.17) is 5.73 Å². The first kappa shape index (κ1) is 15.8. The number of hydrogen-bond donors (Lipinski definition) is 2. The fourth-order valence-electron chi connectivity index (χ4n) is 4.23. The molecule has 0 bridgehead atoms. The van der Waals surface area contributed by atoms with Gasteiger partial charge in [-0.15, -0.1) is 0 Å². The zero-order valence-electron chi connectivity index (χ0n) is 13.9. The Kier molecular flexibility index (Phi) is 3.25. The Bertz CT molecular complexity index is 830. The Labute approximate surface area is 144 Å². The SMILES string of the molecule is CC1(C2CC2)c2cc(C(N)=O)ccc2C(=O)N1C1CCC(=O)NC1=O. The van der Waals surface area contributed by atoms with E-state index in [1.807, 2.05) is 6.92 Å². The molecule has 25 heavy (non-hydrogen) atoms. The first-order valence-corrected chi connectivity index (χ1v) is 8.45. The molecule has 4 rings (SSSR count). The van der Waals surface area contributed by atoms with E-state index >= 15 is 0 Å². The molecule has 2 aliphatic heterocycles. The number of imide groups is 1. The summed E-state index contributed by atoms with van der Waals surface area (Å²) in [7, 11) is 0. The van der Waals surface area contributed by atoms with Gasteiger partial charge in [0.1, 0.15) is 6.04 Å². The number of hydrogen-bond acceptors (Lipinski definition) is 4. The van der Waals surface area contributed by atoms with Gasteiger partial charge in [0.05, 0.1) is 5.54 Å². The van der Waals surface area contributed by atoms with Crippen LogP contribution in [0.4, 0.5) is 0 Å². The van der Waals surface area contributed by atoms with E-state index in [1.165, 1.54) is 0 Å². The van der Waals surface area contributed by atoms with Crippen LogP contribution in [0.25, 0.3) is 0 Å². The summed E-state index contributed by atoms with van der Waals surface area (Å²) >= 11 is 0. The van der Waals surface area contributed by atoms with Crippen LogP contribution in [-0.2, 0) is 15.1 Å². The molecule has 130 valence electrons. The molecule has 0 radical (unpaired) electrons. The van der Waals surface area contributed by atoms with Crippen molar-refractivity contribution in [1.29, 1.82) is 0 Å². The number of primary amides is 1. The third kappa shape index (κ3) is 2.18. The third-order valence-electron chi connectivity index (χ3n) is 5.69. The Morgan fingerprint density at radius 1 is 1.24 bits per heavy atom. The molecule has 0 spiro atoms. The van der Waals surface area contributed by atoms with Crippen LogP contribution in [0.2, 0.25) is 0 Å². The minimum atomic E-state index is -0.680. The molecule has 2 atom stereocenters. The predicted octanol–water partition coefficient (Wildman–Crippen LogP) is 0.672. The monoisotopic (exact) mass is 341 g/mol. The van der Waals surface area contributed by atoms with Gasteiger partial charge in [0.2, 0.25) is 17.7 Å². The number of nitrogens with zero attached hydrogens (tertiary/aromatic N) is 1. The van der Waals surface area contributed by atoms with Gasteiger partial charge < -0.3 is 10.6 Å². The Balaban J connectivity index is 1.83. The summed E-state index contributed by atoms with van der Waals surface area (Å²) in [5.41, 5.74) is 6.34. The highest BCUT2D eigenvalue weighted by Gasteiger charge is 2.58. The standard InChI is InChI=1S/C18H19N3O4/c1-18(10-3-4-10)12-8-9(15(19)23)2-5-11(12)17(25)21(18)13-6-7-14(22)20-16(13)24/h2,5,8,10,13H,3-4,6-7H2,1H3,(H2,19,23)(H,20,22,24). The van der Waals surface area contributed by atoms with E-state index < -0.39 is 23.4 Å². The van der Waals surface area contributed by atoms with Crippen molar-refractivity contribution >= 4 is 23.6 Å². The number of rotatable bonds is 3. The van der Waals surface area contributed by atoms with Gasteiger partial charge in [-0.25, -0.2) is 0 Å². The molecular weight excluding hydrogens is 322 g/mol. The molecule has 1 aromatic carbocycles. The van der Waals surface area contributed by atoms with Crippen LogP contribution in [0.15, 0.2) is 18.2 Å². The summed E-state index contributed by atoms with van der Waals surface area (Å²) in [5.74, 6) is -1.29. The molecule has 7 heteroatoms. The quantitative estimate of drug-likeness (QED) is 0.787. The van der Waals surface area contributed by atoms with Gasteiger partial charge in [-0.3, -0.25) is 24.5 Å². The van der Waals surface area contributed by atoms with Gasteiger partial charge in [0, 0.05) is 17.5 Å². The molecule has 1 aliphatic carbocycles. The molecule has 1 saturated carbocycles. The topological polar surface area (TPSA) is 110 Å². The zero-order chi connectivity index (χ0) is 17.9. The second-order valence-corrected chi connectivity index (χ2v) is 7.19. The molecular formula is C18H19N3O4. The summed E-state index contributed by atoms with van der Waals surface area (Å²) in [6.45, 7) is 1.95. The lowest BCUT2D eigenvalue weighted by Crippen LogP contribution is -2.58. The molecule has 7 nitrogen and oxygen atoms in total. The van der Waals surface area contributed by atoms with Gasteiger partial charge in [-0.2, -0.15) is 0 Å². The highest BCUT2D eigenvalue weighted by Crippen LogP contribution is 2.55. The lowest BCUT2D eigenvalue weighted by molar-refractivity contribution is -0.138. The first-order valence-electron chi connectivity index (χ1n) is 8.45. The molecule has 0 aromatic heterocycles. The van der Waals surface area contributed by atoms with E-state index in [0.717, 1.165) is 18.4 Å². The minimum absolute atomic E-state index is 0.212. The van der Waals surface area contributed by atoms with Crippen molar-refractivity contribution in [2.24, 2.45) is 11.7 Å². The lowest BCUT2D eigenvalue weighted by Gasteiger charge is -2.42. The fourth-order valence-corrected chi connectivity index (χ4v) is 4.23. The van der Waals surface area contributed by atoms with E-state index in [2.05, 4.69) is 5.32 Å². The smallest absolute Gasteiger partial charge is 0.255 e. The highest BCUT2D eigenvalue weighted by molar-refractivity contribution is 6.07. The van der Waals surface area contributed by atoms with E-state index in [9.17, 15) is 19.2 Å². The van der Waals surface area contributed by atoms with E-state index in [1.54, 1.807) is 23.1 Å². The summed E-state index contributed by atoms with van der Waals surface area (Å²) in [6.07, 6.45) is 2.43. The van der Waals surface area contributed by atoms with Crippen LogP contribution in [0, 0.1) is 5.92 Å². The summed E-state index contributed by atoms with van der Waals surface area (Å²) in [4.78, 5) is 50.2. The maximum absolute atomic E-state index is 13.1. The summed E-state index contributed by atoms with van der Waals surface area (Å²) < 4.78 is 0. The number of piperidine rings is 1. The number of carbonyl (C=O) groups excluding carboxylic acids is 4. The Hall–Kier alpha value is -2.70. The maximum Gasteiger partial charge on any atom is 0.255 e. The lowest BCUT2D eigenvalue weighted by atomic mass is 9.84. The predicted molar refractivity (Wildman–Crippen MR) is 87.4 cm³/mol. The molecule has 4 amide bonds. The molecule has 1 aromatic rings. The second-order valence-electron chi connectivity index (χ2n) is 7.19. The van der Waals surface area contributed by atoms with Crippen LogP contribution in [0.3, 0.4) is 0 Å². The number of carbonyl (C=O) groups is 4. The minimum Gasteiger partial charge on any atom is -0.366 e. The van der Waals surface area contributed by atoms with Crippen molar-refractivity contribution in [3.8, 4) is 0 Å². The van der Waals surface area contributed by atoms with Crippen molar-refractivity contribution in [2.75, 3.05) is 0 Å². The average molecular weight is 341 g/mol. The molecule has 1 saturated heterocycles.